The van der Waals surface area contributed by atoms with Crippen molar-refractivity contribution in [3.05, 3.63) is 57.0 Å². The van der Waals surface area contributed by atoms with Gasteiger partial charge in [-0.2, -0.15) is 0 Å². The molecule has 0 radical (unpaired) electrons. The van der Waals surface area contributed by atoms with Crippen LogP contribution in [0.2, 0.25) is 0 Å². The van der Waals surface area contributed by atoms with Gasteiger partial charge in [-0.1, -0.05) is 6.07 Å². The fourth-order valence-electron chi connectivity index (χ4n) is 2.47. The number of hydrogen-bond donors (Lipinski definition) is 0. The van der Waals surface area contributed by atoms with Gasteiger partial charge in [0, 0.05) is 11.1 Å². The van der Waals surface area contributed by atoms with E-state index in [2.05, 4.69) is 13.0 Å². The summed E-state index contributed by atoms with van der Waals surface area (Å²) in [6, 6.07) is 4.05. The van der Waals surface area contributed by atoms with Gasteiger partial charge in [-0.25, -0.2) is 0 Å². The smallest absolute Gasteiger partial charge is 0.197 e. The normalized spacial score (nSPS) is 10.8. The van der Waals surface area contributed by atoms with Crippen molar-refractivity contribution in [2.45, 2.75) is 41.5 Å². The Hall–Kier alpha value is -1.83. The molecule has 1 aromatic heterocycles. The first-order valence-electron chi connectivity index (χ1n) is 6.52. The van der Waals surface area contributed by atoms with Crippen molar-refractivity contribution in [3.63, 3.8) is 0 Å². The van der Waals surface area contributed by atoms with Crippen molar-refractivity contribution in [2.24, 2.45) is 0 Å². The first-order chi connectivity index (χ1) is 8.82. The Morgan fingerprint density at radius 1 is 0.842 bits per heavy atom. The predicted molar refractivity (Wildman–Crippen MR) is 77.0 cm³/mol. The average Bonchev–Trinajstić information content (AvgIpc) is 2.57. The van der Waals surface area contributed by atoms with E-state index in [1.54, 1.807) is 0 Å². The number of furan rings is 1. The third-order valence-corrected chi connectivity index (χ3v) is 3.87. The third-order valence-electron chi connectivity index (χ3n) is 3.87. The maximum Gasteiger partial charge on any atom is 0.197 e. The zero-order valence-electron chi connectivity index (χ0n) is 12.5. The number of aryl methyl sites for hydroxylation is 5. The molecule has 2 nitrogen and oxygen atoms in total. The van der Waals surface area contributed by atoms with E-state index < -0.39 is 0 Å². The van der Waals surface area contributed by atoms with Gasteiger partial charge in [0.1, 0.15) is 11.5 Å². The Bertz CT molecular complexity index is 660. The van der Waals surface area contributed by atoms with E-state index in [1.165, 1.54) is 5.56 Å². The minimum absolute atomic E-state index is 0.0625. The molecule has 1 heterocycles. The van der Waals surface area contributed by atoms with Crippen molar-refractivity contribution in [2.75, 3.05) is 0 Å². The van der Waals surface area contributed by atoms with Crippen LogP contribution in [0.3, 0.4) is 0 Å². The number of ketones is 1. The molecule has 0 bridgehead atoms. The molecule has 0 amide bonds. The van der Waals surface area contributed by atoms with Gasteiger partial charge in [0.2, 0.25) is 0 Å². The lowest BCUT2D eigenvalue weighted by molar-refractivity contribution is 0.103. The van der Waals surface area contributed by atoms with Gasteiger partial charge >= 0.3 is 0 Å². The monoisotopic (exact) mass is 256 g/mol. The molecule has 19 heavy (non-hydrogen) atoms. The zero-order valence-corrected chi connectivity index (χ0v) is 12.5. The average molecular weight is 256 g/mol. The van der Waals surface area contributed by atoms with Crippen LogP contribution in [-0.4, -0.2) is 5.78 Å². The summed E-state index contributed by atoms with van der Waals surface area (Å²) >= 11 is 0. The summed E-state index contributed by atoms with van der Waals surface area (Å²) in [6.07, 6.45) is 0. The molecule has 2 rings (SSSR count). The van der Waals surface area contributed by atoms with Gasteiger partial charge in [-0.3, -0.25) is 4.79 Å². The zero-order chi connectivity index (χ0) is 14.3. The maximum atomic E-state index is 12.7. The quantitative estimate of drug-likeness (QED) is 0.747. The Balaban J connectivity index is 2.59. The lowest BCUT2D eigenvalue weighted by Gasteiger charge is -2.09. The predicted octanol–water partition coefficient (Wildman–Crippen LogP) is 4.36. The highest BCUT2D eigenvalue weighted by atomic mass is 16.3. The number of hydrogen-bond acceptors (Lipinski definition) is 2. The fourth-order valence-corrected chi connectivity index (χ4v) is 2.47. The molecule has 2 heteroatoms. The molecule has 0 fully saturated rings. The highest BCUT2D eigenvalue weighted by molar-refractivity contribution is 6.11. The van der Waals surface area contributed by atoms with Crippen LogP contribution in [0.1, 0.15) is 49.7 Å². The van der Waals surface area contributed by atoms with Crippen molar-refractivity contribution in [1.29, 1.82) is 0 Å². The van der Waals surface area contributed by atoms with Crippen LogP contribution >= 0.6 is 0 Å². The second-order valence-electron chi connectivity index (χ2n) is 5.29. The first kappa shape index (κ1) is 13.6. The van der Waals surface area contributed by atoms with Gasteiger partial charge < -0.3 is 4.42 Å². The van der Waals surface area contributed by atoms with Crippen LogP contribution in [0.15, 0.2) is 16.5 Å². The lowest BCUT2D eigenvalue weighted by Crippen LogP contribution is -2.07. The van der Waals surface area contributed by atoms with E-state index in [4.69, 9.17) is 4.42 Å². The Morgan fingerprint density at radius 3 is 1.95 bits per heavy atom. The topological polar surface area (TPSA) is 30.2 Å². The SMILES string of the molecule is Cc1cc(C)c(C(=O)c2c(C)oc(C)c2C)cc1C. The van der Waals surface area contributed by atoms with Gasteiger partial charge in [-0.05, 0) is 64.3 Å². The Morgan fingerprint density at radius 2 is 1.42 bits per heavy atom. The fraction of sp³-hybridized carbons (Fsp3) is 0.353. The lowest BCUT2D eigenvalue weighted by atomic mass is 9.93. The molecule has 0 aliphatic heterocycles. The second kappa shape index (κ2) is 4.69. The van der Waals surface area contributed by atoms with Crippen LogP contribution in [0, 0.1) is 41.5 Å². The molecule has 2 aromatic rings. The summed E-state index contributed by atoms with van der Waals surface area (Å²) in [7, 11) is 0. The summed E-state index contributed by atoms with van der Waals surface area (Å²) in [5, 5.41) is 0. The highest BCUT2D eigenvalue weighted by Crippen LogP contribution is 2.26. The van der Waals surface area contributed by atoms with Gasteiger partial charge in [-0.15, -0.1) is 0 Å². The van der Waals surface area contributed by atoms with E-state index in [1.807, 2.05) is 40.7 Å². The summed E-state index contributed by atoms with van der Waals surface area (Å²) < 4.78 is 5.56. The summed E-state index contributed by atoms with van der Waals surface area (Å²) in [5.74, 6) is 1.59. The van der Waals surface area contributed by atoms with Crippen molar-refractivity contribution in [3.8, 4) is 0 Å². The van der Waals surface area contributed by atoms with Crippen LogP contribution in [0.25, 0.3) is 0 Å². The minimum Gasteiger partial charge on any atom is -0.466 e. The van der Waals surface area contributed by atoms with E-state index in [0.717, 1.165) is 28.0 Å². The molecule has 0 atom stereocenters. The van der Waals surface area contributed by atoms with Crippen molar-refractivity contribution in [1.82, 2.24) is 0 Å². The van der Waals surface area contributed by atoms with E-state index in [0.29, 0.717) is 11.3 Å². The number of carbonyl (C=O) groups excluding carboxylic acids is 1. The molecule has 0 unspecified atom stereocenters. The standard InChI is InChI=1S/C17H20O2/c1-9-7-11(3)15(8-10(9)2)17(18)16-12(4)13(5)19-14(16)6/h7-8H,1-6H3. The van der Waals surface area contributed by atoms with Crippen LogP contribution < -0.4 is 0 Å². The highest BCUT2D eigenvalue weighted by Gasteiger charge is 2.21. The van der Waals surface area contributed by atoms with E-state index in [-0.39, 0.29) is 5.78 Å². The van der Waals surface area contributed by atoms with Gasteiger partial charge in [0.25, 0.3) is 0 Å². The molecule has 0 aliphatic rings. The summed E-state index contributed by atoms with van der Waals surface area (Å²) in [6.45, 7) is 11.8. The van der Waals surface area contributed by atoms with Gasteiger partial charge in [0.05, 0.1) is 5.56 Å². The molecule has 1 aromatic carbocycles. The number of carbonyl (C=O) groups is 1. The summed E-state index contributed by atoms with van der Waals surface area (Å²) in [5.41, 5.74) is 5.81. The molecule has 0 aliphatic carbocycles. The first-order valence-corrected chi connectivity index (χ1v) is 6.52. The summed E-state index contributed by atoms with van der Waals surface area (Å²) in [4.78, 5) is 12.7. The largest absolute Gasteiger partial charge is 0.466 e. The molecule has 0 saturated carbocycles. The molecular formula is C17H20O2. The van der Waals surface area contributed by atoms with Crippen molar-refractivity contribution < 1.29 is 9.21 Å². The molecule has 0 N–H and O–H groups in total. The number of benzene rings is 1. The van der Waals surface area contributed by atoms with Gasteiger partial charge in [0.15, 0.2) is 5.78 Å². The third kappa shape index (κ3) is 2.23. The molecule has 100 valence electrons. The molecular weight excluding hydrogens is 236 g/mol. The van der Waals surface area contributed by atoms with Crippen LogP contribution in [-0.2, 0) is 0 Å². The van der Waals surface area contributed by atoms with Crippen LogP contribution in [0.4, 0.5) is 0 Å². The Kier molecular flexibility index (Phi) is 3.36. The van der Waals surface area contributed by atoms with E-state index >= 15 is 0 Å². The van der Waals surface area contributed by atoms with Crippen LogP contribution in [0.5, 0.6) is 0 Å². The number of rotatable bonds is 2. The minimum atomic E-state index is 0.0625. The molecule has 0 spiro atoms. The van der Waals surface area contributed by atoms with Crippen molar-refractivity contribution >= 4 is 5.78 Å². The molecule has 0 saturated heterocycles. The maximum absolute atomic E-state index is 12.7. The van der Waals surface area contributed by atoms with E-state index in [9.17, 15) is 4.79 Å². The second-order valence-corrected chi connectivity index (χ2v) is 5.29. The Labute approximate surface area is 114 Å².